The van der Waals surface area contributed by atoms with Gasteiger partial charge in [-0.15, -0.1) is 11.3 Å². The number of aromatic nitrogens is 3. The van der Waals surface area contributed by atoms with Crippen molar-refractivity contribution in [1.82, 2.24) is 10.3 Å². The number of hydrogen-bond donors (Lipinski definition) is 2. The second-order valence-corrected chi connectivity index (χ2v) is 8.51. The minimum atomic E-state index is -0.320. The van der Waals surface area contributed by atoms with Gasteiger partial charge in [0.05, 0.1) is 5.69 Å². The van der Waals surface area contributed by atoms with E-state index >= 15 is 0 Å². The summed E-state index contributed by atoms with van der Waals surface area (Å²) in [6, 6.07) is 11.7. The van der Waals surface area contributed by atoms with E-state index in [0.29, 0.717) is 10.6 Å². The van der Waals surface area contributed by atoms with Gasteiger partial charge in [-0.25, -0.2) is 4.98 Å². The van der Waals surface area contributed by atoms with Crippen LogP contribution >= 0.6 is 11.3 Å². The number of para-hydroxylation sites is 1. The molecule has 1 aliphatic carbocycles. The predicted octanol–water partition coefficient (Wildman–Crippen LogP) is 4.05. The molecule has 0 atom stereocenters. The number of nitrogens with two attached hydrogens (primary N) is 1. The number of rotatable bonds is 3. The Balaban J connectivity index is 1.42. The fourth-order valence-electron chi connectivity index (χ4n) is 3.85. The van der Waals surface area contributed by atoms with E-state index in [4.69, 9.17) is 15.2 Å². The van der Waals surface area contributed by atoms with Crippen molar-refractivity contribution in [1.29, 1.82) is 0 Å². The molecular formula is C22H22N5O2S+. The molecule has 1 amide bonds. The standard InChI is InChI=1S/C22H21N5O2S/c23-19-16-12-14-8-4-1-2-7-11-17(14)24-22(16)30-20(19)21(28)25-18-13-27(26-29-18)15-9-5-3-6-10-15/h3,5-6,9-10,12-13H,1-2,4,7-8,11H2,(H2-,23,25,26,28)/p+1. The van der Waals surface area contributed by atoms with E-state index < -0.39 is 0 Å². The Morgan fingerprint density at radius 3 is 2.77 bits per heavy atom. The van der Waals surface area contributed by atoms with E-state index in [2.05, 4.69) is 16.7 Å². The smallest absolute Gasteiger partial charge is 0.303 e. The first-order valence-electron chi connectivity index (χ1n) is 10.2. The molecule has 0 unspecified atom stereocenters. The lowest BCUT2D eigenvalue weighted by Crippen LogP contribution is -2.31. The summed E-state index contributed by atoms with van der Waals surface area (Å²) in [7, 11) is 0. The average Bonchev–Trinajstić information content (AvgIpc) is 3.33. The lowest BCUT2D eigenvalue weighted by Gasteiger charge is -2.12. The molecule has 4 aromatic rings. The number of aryl methyl sites for hydroxylation is 2. The highest BCUT2D eigenvalue weighted by Crippen LogP contribution is 2.35. The molecule has 0 spiro atoms. The number of benzene rings is 1. The van der Waals surface area contributed by atoms with Crippen LogP contribution in [-0.2, 0) is 12.8 Å². The Hall–Kier alpha value is -3.26. The van der Waals surface area contributed by atoms with Crippen LogP contribution in [0.2, 0.25) is 0 Å². The third kappa shape index (κ3) is 3.54. The van der Waals surface area contributed by atoms with Gasteiger partial charge < -0.3 is 5.73 Å². The summed E-state index contributed by atoms with van der Waals surface area (Å²) in [5, 5.41) is 7.57. The van der Waals surface area contributed by atoms with Crippen LogP contribution in [0.1, 0.15) is 46.6 Å². The van der Waals surface area contributed by atoms with Gasteiger partial charge in [0.15, 0.2) is 0 Å². The molecule has 152 valence electrons. The van der Waals surface area contributed by atoms with E-state index in [-0.39, 0.29) is 11.8 Å². The van der Waals surface area contributed by atoms with Gasteiger partial charge in [-0.2, -0.15) is 0 Å². The van der Waals surface area contributed by atoms with Crippen LogP contribution in [0.5, 0.6) is 0 Å². The molecule has 0 saturated heterocycles. The molecule has 3 heterocycles. The molecule has 7 nitrogen and oxygen atoms in total. The van der Waals surface area contributed by atoms with Gasteiger partial charge in [-0.1, -0.05) is 31.0 Å². The summed E-state index contributed by atoms with van der Waals surface area (Å²) in [6.07, 6.45) is 8.47. The Morgan fingerprint density at radius 1 is 1.13 bits per heavy atom. The molecule has 0 saturated carbocycles. The number of anilines is 2. The Morgan fingerprint density at radius 2 is 1.93 bits per heavy atom. The molecule has 0 bridgehead atoms. The number of thiophene rings is 1. The average molecular weight is 421 g/mol. The number of pyridine rings is 1. The molecule has 8 heteroatoms. The summed E-state index contributed by atoms with van der Waals surface area (Å²) in [5.41, 5.74) is 10.1. The molecule has 0 aliphatic heterocycles. The van der Waals surface area contributed by atoms with Gasteiger partial charge in [0.25, 0.3) is 12.1 Å². The minimum absolute atomic E-state index is 0.251. The number of hydrogen-bond acceptors (Lipinski definition) is 6. The molecule has 3 N–H and O–H groups in total. The van der Waals surface area contributed by atoms with Crippen molar-refractivity contribution >= 4 is 39.0 Å². The van der Waals surface area contributed by atoms with E-state index in [1.807, 2.05) is 30.3 Å². The van der Waals surface area contributed by atoms with Crippen LogP contribution < -0.4 is 15.7 Å². The van der Waals surface area contributed by atoms with Crippen LogP contribution in [0.15, 0.2) is 47.1 Å². The first kappa shape index (κ1) is 18.7. The second-order valence-electron chi connectivity index (χ2n) is 7.51. The lowest BCUT2D eigenvalue weighted by atomic mass is 9.96. The number of nitrogens with zero attached hydrogens (tertiary/aromatic N) is 3. The summed E-state index contributed by atoms with van der Waals surface area (Å²) < 4.78 is 6.82. The molecule has 1 aliphatic rings. The van der Waals surface area contributed by atoms with Crippen LogP contribution in [0.3, 0.4) is 0 Å². The number of nitrogens with one attached hydrogen (secondary N) is 1. The molecule has 0 radical (unpaired) electrons. The highest BCUT2D eigenvalue weighted by molar-refractivity contribution is 7.21. The highest BCUT2D eigenvalue weighted by Gasteiger charge is 2.22. The Labute approximate surface area is 177 Å². The zero-order valence-electron chi connectivity index (χ0n) is 16.4. The van der Waals surface area contributed by atoms with Gasteiger partial charge in [0.1, 0.15) is 9.71 Å². The predicted molar refractivity (Wildman–Crippen MR) is 116 cm³/mol. The maximum atomic E-state index is 12.9. The van der Waals surface area contributed by atoms with Crippen molar-refractivity contribution in [2.24, 2.45) is 0 Å². The molecule has 30 heavy (non-hydrogen) atoms. The van der Waals surface area contributed by atoms with Crippen molar-refractivity contribution < 1.29 is 14.0 Å². The van der Waals surface area contributed by atoms with Gasteiger partial charge in [-0.3, -0.25) is 14.6 Å². The Kier molecular flexibility index (Phi) is 4.92. The normalized spacial score (nSPS) is 14.1. The highest BCUT2D eigenvalue weighted by atomic mass is 32.1. The first-order valence-corrected chi connectivity index (χ1v) is 11.0. The van der Waals surface area contributed by atoms with E-state index in [0.717, 1.165) is 40.9 Å². The van der Waals surface area contributed by atoms with Crippen molar-refractivity contribution in [2.75, 3.05) is 11.1 Å². The van der Waals surface area contributed by atoms with Gasteiger partial charge in [-0.05, 0) is 42.0 Å². The molecule has 0 fully saturated rings. The van der Waals surface area contributed by atoms with Crippen LogP contribution in [0, 0.1) is 0 Å². The van der Waals surface area contributed by atoms with Gasteiger partial charge in [0.2, 0.25) is 11.0 Å². The zero-order chi connectivity index (χ0) is 20.5. The van der Waals surface area contributed by atoms with Crippen molar-refractivity contribution in [3.63, 3.8) is 0 Å². The third-order valence-corrected chi connectivity index (χ3v) is 6.54. The quantitative estimate of drug-likeness (QED) is 0.487. The SMILES string of the molecule is Nc1c(C(=O)Nc2c[n+](-c3ccccc3)no2)sc2nc3c(cc12)CCCCCC3. The summed E-state index contributed by atoms with van der Waals surface area (Å²) in [5.74, 6) is -0.0692. The molecule has 5 rings (SSSR count). The number of nitrogen functional groups attached to an aromatic ring is 1. The van der Waals surface area contributed by atoms with Crippen molar-refractivity contribution in [3.05, 3.63) is 58.7 Å². The first-order chi connectivity index (χ1) is 14.7. The van der Waals surface area contributed by atoms with E-state index in [9.17, 15) is 4.79 Å². The Bertz CT molecular complexity index is 1220. The fraction of sp³-hybridized carbons (Fsp3) is 0.273. The van der Waals surface area contributed by atoms with E-state index in [1.165, 1.54) is 36.2 Å². The summed E-state index contributed by atoms with van der Waals surface area (Å²) >= 11 is 1.32. The monoisotopic (exact) mass is 420 g/mol. The number of fused-ring (bicyclic) bond motifs is 2. The van der Waals surface area contributed by atoms with Crippen LogP contribution in [-0.4, -0.2) is 16.2 Å². The third-order valence-electron chi connectivity index (χ3n) is 5.43. The van der Waals surface area contributed by atoms with Crippen LogP contribution in [0.25, 0.3) is 15.9 Å². The summed E-state index contributed by atoms with van der Waals surface area (Å²) in [6.45, 7) is 0. The number of amides is 1. The molecule has 1 aromatic carbocycles. The van der Waals surface area contributed by atoms with Gasteiger partial charge in [0, 0.05) is 23.2 Å². The molecular weight excluding hydrogens is 398 g/mol. The zero-order valence-corrected chi connectivity index (χ0v) is 17.2. The largest absolute Gasteiger partial charge is 0.397 e. The van der Waals surface area contributed by atoms with Crippen LogP contribution in [0.4, 0.5) is 11.6 Å². The van der Waals surface area contributed by atoms with E-state index in [1.54, 1.807) is 10.9 Å². The van der Waals surface area contributed by atoms with Gasteiger partial charge >= 0.3 is 5.88 Å². The van der Waals surface area contributed by atoms with Crippen molar-refractivity contribution in [2.45, 2.75) is 38.5 Å². The maximum Gasteiger partial charge on any atom is 0.303 e. The minimum Gasteiger partial charge on any atom is -0.397 e. The summed E-state index contributed by atoms with van der Waals surface area (Å²) in [4.78, 5) is 19.0. The lowest BCUT2D eigenvalue weighted by molar-refractivity contribution is -0.670. The number of carbonyl (C=O) groups excluding carboxylic acids is 1. The number of carbonyl (C=O) groups is 1. The maximum absolute atomic E-state index is 12.9. The second kappa shape index (κ2) is 7.87. The molecule has 3 aromatic heterocycles. The fourth-order valence-corrected chi connectivity index (χ4v) is 4.85. The topological polar surface area (TPSA) is 97.9 Å². The van der Waals surface area contributed by atoms with Crippen molar-refractivity contribution in [3.8, 4) is 5.69 Å².